The number of ether oxygens (including phenoxy) is 2. The van der Waals surface area contributed by atoms with E-state index in [0.29, 0.717) is 45.1 Å². The van der Waals surface area contributed by atoms with E-state index < -0.39 is 11.6 Å². The Bertz CT molecular complexity index is 1490. The second kappa shape index (κ2) is 12.5. The Morgan fingerprint density at radius 3 is 2.50 bits per heavy atom. The largest absolute Gasteiger partial charge is 0.487 e. The molecule has 0 radical (unpaired) electrons. The number of hydrogen-bond donors (Lipinski definition) is 2. The van der Waals surface area contributed by atoms with Crippen molar-refractivity contribution in [1.82, 2.24) is 20.5 Å². The number of nitrogens with one attached hydrogen (secondary N) is 2. The zero-order valence-electron chi connectivity index (χ0n) is 22.9. The minimum Gasteiger partial charge on any atom is -0.487 e. The summed E-state index contributed by atoms with van der Waals surface area (Å²) >= 11 is 13.9. The van der Waals surface area contributed by atoms with Crippen LogP contribution in [0.4, 0.5) is 8.78 Å². The Kier molecular flexibility index (Phi) is 8.70. The first-order valence-corrected chi connectivity index (χ1v) is 15.5. The van der Waals surface area contributed by atoms with Crippen LogP contribution in [0.15, 0.2) is 42.1 Å². The van der Waals surface area contributed by atoms with Gasteiger partial charge in [0, 0.05) is 49.6 Å². The highest BCUT2D eigenvalue weighted by molar-refractivity contribution is 7.14. The average molecular weight is 636 g/mol. The van der Waals surface area contributed by atoms with Crippen LogP contribution in [0.5, 0.6) is 10.9 Å². The van der Waals surface area contributed by atoms with Gasteiger partial charge in [-0.3, -0.25) is 4.79 Å². The summed E-state index contributed by atoms with van der Waals surface area (Å²) in [6, 6.07) is 7.02. The molecule has 1 amide bonds. The molecule has 1 aromatic heterocycles. The summed E-state index contributed by atoms with van der Waals surface area (Å²) in [4.78, 5) is 21.3. The number of carbonyl (C=O) groups is 1. The zero-order chi connectivity index (χ0) is 29.4. The average Bonchev–Trinajstić information content (AvgIpc) is 3.66. The normalized spacial score (nSPS) is 20.0. The number of fused-ring (bicyclic) bond motifs is 2. The van der Waals surface area contributed by atoms with Crippen molar-refractivity contribution in [3.05, 3.63) is 79.8 Å². The minimum atomic E-state index is -0.653. The van der Waals surface area contributed by atoms with Gasteiger partial charge in [-0.25, -0.2) is 13.8 Å². The lowest BCUT2D eigenvalue weighted by Gasteiger charge is -2.40. The number of piperazine rings is 1. The Labute approximate surface area is 256 Å². The molecule has 1 saturated heterocycles. The first-order valence-electron chi connectivity index (χ1n) is 13.9. The maximum absolute atomic E-state index is 14.2. The van der Waals surface area contributed by atoms with Gasteiger partial charge in [0.2, 0.25) is 0 Å². The number of rotatable bonds is 10. The summed E-state index contributed by atoms with van der Waals surface area (Å²) in [5, 5.41) is 8.34. The van der Waals surface area contributed by atoms with Gasteiger partial charge >= 0.3 is 0 Å². The van der Waals surface area contributed by atoms with Crippen LogP contribution in [0, 0.1) is 18.6 Å². The van der Waals surface area contributed by atoms with Crippen molar-refractivity contribution in [3.8, 4) is 10.9 Å². The molecule has 1 unspecified atom stereocenters. The number of benzene rings is 2. The molecule has 3 aromatic rings. The van der Waals surface area contributed by atoms with Crippen molar-refractivity contribution in [2.75, 3.05) is 26.3 Å². The fraction of sp³-hybridized carbons (Fsp3) is 0.400. The predicted molar refractivity (Wildman–Crippen MR) is 159 cm³/mol. The highest BCUT2D eigenvalue weighted by Crippen LogP contribution is 2.39. The first kappa shape index (κ1) is 29.3. The molecule has 2 atom stereocenters. The first-order chi connectivity index (χ1) is 20.2. The monoisotopic (exact) mass is 634 g/mol. The highest BCUT2D eigenvalue weighted by Gasteiger charge is 2.41. The molecule has 2 aromatic carbocycles. The van der Waals surface area contributed by atoms with E-state index in [1.165, 1.54) is 23.5 Å². The molecule has 3 aliphatic rings. The van der Waals surface area contributed by atoms with Crippen LogP contribution in [-0.4, -0.2) is 60.2 Å². The number of amides is 1. The van der Waals surface area contributed by atoms with E-state index in [9.17, 15) is 13.6 Å². The molecule has 2 aliphatic heterocycles. The third-order valence-corrected chi connectivity index (χ3v) is 9.07. The fourth-order valence-corrected chi connectivity index (χ4v) is 7.13. The van der Waals surface area contributed by atoms with Gasteiger partial charge in [-0.2, -0.15) is 0 Å². The summed E-state index contributed by atoms with van der Waals surface area (Å²) in [7, 11) is 0. The highest BCUT2D eigenvalue weighted by atomic mass is 35.5. The Morgan fingerprint density at radius 2 is 1.79 bits per heavy atom. The molecule has 2 N–H and O–H groups in total. The summed E-state index contributed by atoms with van der Waals surface area (Å²) in [6.45, 7) is 3.90. The molecule has 1 aliphatic carbocycles. The lowest BCUT2D eigenvalue weighted by atomic mass is 9.86. The lowest BCUT2D eigenvalue weighted by molar-refractivity contribution is -0.128. The van der Waals surface area contributed by atoms with Crippen LogP contribution in [0.2, 0.25) is 10.0 Å². The van der Waals surface area contributed by atoms with Gasteiger partial charge in [0.1, 0.15) is 24.8 Å². The number of aryl methyl sites for hydroxylation is 1. The maximum Gasteiger partial charge on any atom is 0.273 e. The van der Waals surface area contributed by atoms with Crippen molar-refractivity contribution in [2.24, 2.45) is 0 Å². The molecule has 7 nitrogen and oxygen atoms in total. The Morgan fingerprint density at radius 1 is 1.07 bits per heavy atom. The number of carbonyl (C=O) groups excluding carboxylic acids is 1. The summed E-state index contributed by atoms with van der Waals surface area (Å²) in [6.07, 6.45) is 4.12. The molecular formula is C30H30Cl2F2N4O3S. The molecule has 12 heteroatoms. The molecule has 2 bridgehead atoms. The molecule has 3 heterocycles. The van der Waals surface area contributed by atoms with Gasteiger partial charge in [-0.1, -0.05) is 34.5 Å². The second-order valence-electron chi connectivity index (χ2n) is 10.9. The van der Waals surface area contributed by atoms with Gasteiger partial charge in [0.15, 0.2) is 5.75 Å². The molecular weight excluding hydrogens is 605 g/mol. The van der Waals surface area contributed by atoms with Gasteiger partial charge < -0.3 is 25.0 Å². The summed E-state index contributed by atoms with van der Waals surface area (Å²) in [5.74, 6) is -1.01. The lowest BCUT2D eigenvalue weighted by Crippen LogP contribution is -2.59. The predicted octanol–water partition coefficient (Wildman–Crippen LogP) is 5.77. The minimum absolute atomic E-state index is 0.0442. The number of aromatic nitrogens is 1. The number of halogens is 4. The summed E-state index contributed by atoms with van der Waals surface area (Å²) < 4.78 is 39.5. The van der Waals surface area contributed by atoms with E-state index in [0.717, 1.165) is 41.5 Å². The van der Waals surface area contributed by atoms with E-state index in [1.54, 1.807) is 23.2 Å². The maximum atomic E-state index is 14.2. The van der Waals surface area contributed by atoms with E-state index in [1.807, 2.05) is 6.92 Å². The van der Waals surface area contributed by atoms with Gasteiger partial charge in [0.25, 0.3) is 11.1 Å². The van der Waals surface area contributed by atoms with Gasteiger partial charge in [0.05, 0.1) is 21.0 Å². The SMILES string of the molecule is Cc1cc(Cl)c(OCCOc2ncc(C3=C(C(=O)N(Cc4cc(F)cc(F)c4)C4CC4)[C@H]4CNCC(C3)N4)s2)c(Cl)c1. The molecule has 42 heavy (non-hydrogen) atoms. The Hall–Kier alpha value is -2.76. The second-order valence-corrected chi connectivity index (χ2v) is 12.7. The molecule has 6 rings (SSSR count). The molecule has 1 saturated carbocycles. The van der Waals surface area contributed by atoms with Crippen LogP contribution in [-0.2, 0) is 11.3 Å². The third kappa shape index (κ3) is 6.58. The van der Waals surface area contributed by atoms with Crippen LogP contribution < -0.4 is 20.1 Å². The van der Waals surface area contributed by atoms with Gasteiger partial charge in [-0.15, -0.1) is 0 Å². The van der Waals surface area contributed by atoms with Crippen LogP contribution >= 0.6 is 34.5 Å². The van der Waals surface area contributed by atoms with Crippen LogP contribution in [0.3, 0.4) is 0 Å². The smallest absolute Gasteiger partial charge is 0.273 e. The van der Waals surface area contributed by atoms with E-state index in [-0.39, 0.29) is 43.8 Å². The Balaban J connectivity index is 1.20. The van der Waals surface area contributed by atoms with Crippen molar-refractivity contribution in [1.29, 1.82) is 0 Å². The topological polar surface area (TPSA) is 75.7 Å². The third-order valence-electron chi connectivity index (χ3n) is 7.53. The zero-order valence-corrected chi connectivity index (χ0v) is 25.2. The standard InChI is InChI=1S/C30H30Cl2F2N4O3S/c1-16-6-23(31)28(24(32)7-16)40-4-5-41-30-36-14-26(42-30)22-11-20-12-35-13-25(37-20)27(22)29(39)38(21-2-3-21)15-17-8-18(33)10-19(34)9-17/h6-10,14,20-21,25,35,37H,2-5,11-13,15H2,1H3/t20?,25-/m1/s1. The van der Waals surface area contributed by atoms with Gasteiger partial charge in [-0.05, 0) is 67.2 Å². The van der Waals surface area contributed by atoms with Crippen molar-refractivity contribution in [2.45, 2.75) is 50.9 Å². The summed E-state index contributed by atoms with van der Waals surface area (Å²) in [5.41, 5.74) is 2.98. The number of hydrogen-bond acceptors (Lipinski definition) is 7. The molecule has 0 spiro atoms. The molecule has 222 valence electrons. The fourth-order valence-electron chi connectivity index (χ4n) is 5.57. The van der Waals surface area contributed by atoms with Crippen molar-refractivity contribution >= 4 is 46.0 Å². The van der Waals surface area contributed by atoms with Crippen molar-refractivity contribution in [3.63, 3.8) is 0 Å². The van der Waals surface area contributed by atoms with E-state index in [4.69, 9.17) is 32.7 Å². The van der Waals surface area contributed by atoms with E-state index >= 15 is 0 Å². The van der Waals surface area contributed by atoms with Crippen molar-refractivity contribution < 1.29 is 23.0 Å². The quantitative estimate of drug-likeness (QED) is 0.276. The van der Waals surface area contributed by atoms with Crippen LogP contribution in [0.25, 0.3) is 5.57 Å². The number of nitrogens with zero attached hydrogens (tertiary/aromatic N) is 2. The number of thiazole rings is 1. The molecule has 2 fully saturated rings. The van der Waals surface area contributed by atoms with E-state index in [2.05, 4.69) is 15.6 Å². The van der Waals surface area contributed by atoms with Crippen LogP contribution in [0.1, 0.15) is 35.3 Å².